The van der Waals surface area contributed by atoms with Crippen molar-refractivity contribution in [3.05, 3.63) is 23.5 Å². The van der Waals surface area contributed by atoms with Gasteiger partial charge in [-0.25, -0.2) is 0 Å². The van der Waals surface area contributed by atoms with Crippen LogP contribution in [0.3, 0.4) is 0 Å². The molecule has 1 fully saturated rings. The summed E-state index contributed by atoms with van der Waals surface area (Å²) in [6.45, 7) is 0.588. The summed E-state index contributed by atoms with van der Waals surface area (Å²) in [6.07, 6.45) is 4.67. The fourth-order valence-corrected chi connectivity index (χ4v) is 2.68. The molecule has 2 atom stereocenters. The van der Waals surface area contributed by atoms with Crippen LogP contribution in [0.5, 0.6) is 0 Å². The molecule has 0 bridgehead atoms. The van der Waals surface area contributed by atoms with E-state index in [4.69, 9.17) is 11.5 Å². The SMILES string of the molecule is Cl.Cn1cc(C(N)=O)cc1C(=O)NC1CCCC1CN. The van der Waals surface area contributed by atoms with Gasteiger partial charge in [0.2, 0.25) is 5.91 Å². The lowest BCUT2D eigenvalue weighted by atomic mass is 10.0. The molecule has 1 saturated carbocycles. The number of carbonyl (C=O) groups is 2. The molecular formula is C13H21ClN4O2. The van der Waals surface area contributed by atoms with E-state index in [0.29, 0.717) is 23.7 Å². The zero-order chi connectivity index (χ0) is 14.0. The van der Waals surface area contributed by atoms with E-state index in [2.05, 4.69) is 5.32 Å². The molecule has 7 heteroatoms. The van der Waals surface area contributed by atoms with E-state index in [1.54, 1.807) is 17.8 Å². The van der Waals surface area contributed by atoms with E-state index < -0.39 is 5.91 Å². The molecule has 0 radical (unpaired) electrons. The molecule has 0 saturated heterocycles. The minimum absolute atomic E-state index is 0. The summed E-state index contributed by atoms with van der Waals surface area (Å²) < 4.78 is 1.61. The molecule has 1 aromatic heterocycles. The molecule has 6 nitrogen and oxygen atoms in total. The minimum atomic E-state index is -0.532. The van der Waals surface area contributed by atoms with Gasteiger partial charge >= 0.3 is 0 Å². The van der Waals surface area contributed by atoms with Gasteiger partial charge in [0.25, 0.3) is 5.91 Å². The molecule has 112 valence electrons. The van der Waals surface area contributed by atoms with Crippen LogP contribution in [-0.2, 0) is 7.05 Å². The average molecular weight is 301 g/mol. The van der Waals surface area contributed by atoms with Crippen molar-refractivity contribution < 1.29 is 9.59 Å². The van der Waals surface area contributed by atoms with Gasteiger partial charge in [0.15, 0.2) is 0 Å². The predicted octanol–water partition coefficient (Wildman–Crippen LogP) is 0.403. The van der Waals surface area contributed by atoms with Crippen LogP contribution in [0, 0.1) is 5.92 Å². The Bertz CT molecular complexity index is 501. The molecule has 2 rings (SSSR count). The maximum Gasteiger partial charge on any atom is 0.268 e. The van der Waals surface area contributed by atoms with Crippen molar-refractivity contribution in [2.75, 3.05) is 6.54 Å². The summed E-state index contributed by atoms with van der Waals surface area (Å²) in [7, 11) is 1.72. The number of hydrogen-bond donors (Lipinski definition) is 3. The van der Waals surface area contributed by atoms with Crippen molar-refractivity contribution in [2.45, 2.75) is 25.3 Å². The summed E-state index contributed by atoms with van der Waals surface area (Å²) in [5.41, 5.74) is 11.7. The number of amides is 2. The van der Waals surface area contributed by atoms with Gasteiger partial charge in [0, 0.05) is 19.3 Å². The number of nitrogens with zero attached hydrogens (tertiary/aromatic N) is 1. The van der Waals surface area contributed by atoms with Gasteiger partial charge in [0.05, 0.1) is 5.56 Å². The highest BCUT2D eigenvalue weighted by atomic mass is 35.5. The average Bonchev–Trinajstić information content (AvgIpc) is 2.95. The topological polar surface area (TPSA) is 103 Å². The van der Waals surface area contributed by atoms with Gasteiger partial charge < -0.3 is 21.4 Å². The Morgan fingerprint density at radius 3 is 2.70 bits per heavy atom. The van der Waals surface area contributed by atoms with E-state index in [1.165, 1.54) is 6.07 Å². The second-order valence-corrected chi connectivity index (χ2v) is 5.10. The van der Waals surface area contributed by atoms with Crippen molar-refractivity contribution in [2.24, 2.45) is 24.4 Å². The summed E-state index contributed by atoms with van der Waals surface area (Å²) in [6, 6.07) is 1.65. The molecule has 2 amide bonds. The van der Waals surface area contributed by atoms with E-state index in [-0.39, 0.29) is 24.4 Å². The van der Waals surface area contributed by atoms with Crippen LogP contribution in [0.2, 0.25) is 0 Å². The molecule has 0 aliphatic heterocycles. The summed E-state index contributed by atoms with van der Waals surface area (Å²) in [5, 5.41) is 3.00. The largest absolute Gasteiger partial charge is 0.366 e. The molecule has 5 N–H and O–H groups in total. The Kier molecular flexibility index (Phi) is 5.59. The number of primary amides is 1. The monoisotopic (exact) mass is 300 g/mol. The third-order valence-corrected chi connectivity index (χ3v) is 3.80. The van der Waals surface area contributed by atoms with E-state index in [1.807, 2.05) is 0 Å². The van der Waals surface area contributed by atoms with Gasteiger partial charge in [-0.15, -0.1) is 12.4 Å². The molecule has 0 aromatic carbocycles. The second-order valence-electron chi connectivity index (χ2n) is 5.10. The quantitative estimate of drug-likeness (QED) is 0.750. The van der Waals surface area contributed by atoms with Crippen LogP contribution >= 0.6 is 12.4 Å². The third-order valence-electron chi connectivity index (χ3n) is 3.80. The van der Waals surface area contributed by atoms with E-state index >= 15 is 0 Å². The number of halogens is 1. The normalized spacial score (nSPS) is 21.3. The van der Waals surface area contributed by atoms with E-state index in [9.17, 15) is 9.59 Å². The maximum atomic E-state index is 12.2. The summed E-state index contributed by atoms with van der Waals surface area (Å²) in [4.78, 5) is 23.3. The Balaban J connectivity index is 0.00000200. The number of nitrogens with one attached hydrogen (secondary N) is 1. The number of aryl methyl sites for hydroxylation is 1. The van der Waals surface area contributed by atoms with Crippen LogP contribution in [0.15, 0.2) is 12.3 Å². The maximum absolute atomic E-state index is 12.2. The number of aromatic nitrogens is 1. The first-order valence-corrected chi connectivity index (χ1v) is 6.50. The van der Waals surface area contributed by atoms with Crippen LogP contribution in [0.4, 0.5) is 0 Å². The fraction of sp³-hybridized carbons (Fsp3) is 0.538. The molecule has 1 heterocycles. The van der Waals surface area contributed by atoms with E-state index in [0.717, 1.165) is 19.3 Å². The van der Waals surface area contributed by atoms with Crippen molar-refractivity contribution in [1.82, 2.24) is 9.88 Å². The van der Waals surface area contributed by atoms with Crippen LogP contribution in [0.1, 0.15) is 40.1 Å². The van der Waals surface area contributed by atoms with Crippen LogP contribution < -0.4 is 16.8 Å². The molecule has 1 aliphatic carbocycles. The van der Waals surface area contributed by atoms with Crippen molar-refractivity contribution in [3.8, 4) is 0 Å². The van der Waals surface area contributed by atoms with Crippen LogP contribution in [-0.4, -0.2) is 29.0 Å². The number of carbonyl (C=O) groups excluding carboxylic acids is 2. The highest BCUT2D eigenvalue weighted by Gasteiger charge is 2.28. The molecule has 0 spiro atoms. The molecule has 1 aliphatic rings. The molecule has 2 unspecified atom stereocenters. The number of nitrogens with two attached hydrogens (primary N) is 2. The molecule has 1 aromatic rings. The zero-order valence-corrected chi connectivity index (χ0v) is 12.3. The Morgan fingerprint density at radius 2 is 2.15 bits per heavy atom. The molecule has 20 heavy (non-hydrogen) atoms. The first-order valence-electron chi connectivity index (χ1n) is 6.50. The second kappa shape index (κ2) is 6.76. The number of hydrogen-bond acceptors (Lipinski definition) is 3. The van der Waals surface area contributed by atoms with Crippen molar-refractivity contribution in [1.29, 1.82) is 0 Å². The molecular weight excluding hydrogens is 280 g/mol. The summed E-state index contributed by atoms with van der Waals surface area (Å²) >= 11 is 0. The minimum Gasteiger partial charge on any atom is -0.366 e. The van der Waals surface area contributed by atoms with Gasteiger partial charge in [0.1, 0.15) is 5.69 Å². The fourth-order valence-electron chi connectivity index (χ4n) is 2.68. The standard InChI is InChI=1S/C13H20N4O2.ClH/c1-17-7-9(12(15)18)5-11(17)13(19)16-10-4-2-3-8(10)6-14;/h5,7-8,10H,2-4,6,14H2,1H3,(H2,15,18)(H,16,19);1H. The van der Waals surface area contributed by atoms with Crippen LogP contribution in [0.25, 0.3) is 0 Å². The van der Waals surface area contributed by atoms with Gasteiger partial charge in [-0.2, -0.15) is 0 Å². The summed E-state index contributed by atoms with van der Waals surface area (Å²) in [5.74, 6) is -0.365. The Labute approximate surface area is 124 Å². The first-order chi connectivity index (χ1) is 9.02. The highest BCUT2D eigenvalue weighted by molar-refractivity contribution is 5.98. The van der Waals surface area contributed by atoms with Crippen molar-refractivity contribution in [3.63, 3.8) is 0 Å². The van der Waals surface area contributed by atoms with Gasteiger partial charge in [-0.1, -0.05) is 6.42 Å². The van der Waals surface area contributed by atoms with Crippen molar-refractivity contribution >= 4 is 24.2 Å². The Morgan fingerprint density at radius 1 is 1.45 bits per heavy atom. The van der Waals surface area contributed by atoms with Gasteiger partial charge in [-0.05, 0) is 31.4 Å². The lowest BCUT2D eigenvalue weighted by Crippen LogP contribution is -2.40. The number of rotatable bonds is 4. The Hall–Kier alpha value is -1.53. The lowest BCUT2D eigenvalue weighted by Gasteiger charge is -2.19. The third kappa shape index (κ3) is 3.32. The predicted molar refractivity (Wildman–Crippen MR) is 78.8 cm³/mol. The highest BCUT2D eigenvalue weighted by Crippen LogP contribution is 2.24. The smallest absolute Gasteiger partial charge is 0.268 e. The lowest BCUT2D eigenvalue weighted by molar-refractivity contribution is 0.0920. The van der Waals surface area contributed by atoms with Gasteiger partial charge in [-0.3, -0.25) is 9.59 Å². The first kappa shape index (κ1) is 16.5. The zero-order valence-electron chi connectivity index (χ0n) is 11.5.